The second-order valence-electron chi connectivity index (χ2n) is 6.02. The molecule has 1 aromatic heterocycles. The van der Waals surface area contributed by atoms with Crippen molar-refractivity contribution in [1.82, 2.24) is 9.88 Å². The van der Waals surface area contributed by atoms with E-state index in [4.69, 9.17) is 4.74 Å². The number of ketones is 1. The molecule has 0 spiro atoms. The highest BCUT2D eigenvalue weighted by molar-refractivity contribution is 5.96. The van der Waals surface area contributed by atoms with Crippen LogP contribution in [0.2, 0.25) is 0 Å². The minimum atomic E-state index is 0.141. The van der Waals surface area contributed by atoms with Crippen molar-refractivity contribution in [2.45, 2.75) is 44.2 Å². The summed E-state index contributed by atoms with van der Waals surface area (Å²) in [6, 6.07) is 4.76. The van der Waals surface area contributed by atoms with Gasteiger partial charge in [-0.15, -0.1) is 0 Å². The molecule has 0 amide bonds. The molecule has 0 saturated carbocycles. The molecule has 0 N–H and O–H groups in total. The smallest absolute Gasteiger partial charge is 0.184 e. The molecule has 20 heavy (non-hydrogen) atoms. The van der Waals surface area contributed by atoms with Crippen LogP contribution in [-0.4, -0.2) is 41.9 Å². The third-order valence-electron chi connectivity index (χ3n) is 4.94. The SMILES string of the molecule is COc1ccc(C(=O)C2CC3CCCC(C2)N3C)nc1. The van der Waals surface area contributed by atoms with Crippen molar-refractivity contribution in [3.63, 3.8) is 0 Å². The van der Waals surface area contributed by atoms with Gasteiger partial charge >= 0.3 is 0 Å². The summed E-state index contributed by atoms with van der Waals surface area (Å²) in [4.78, 5) is 19.3. The number of carbonyl (C=O) groups excluding carboxylic acids is 1. The fraction of sp³-hybridized carbons (Fsp3) is 0.625. The molecular weight excluding hydrogens is 252 g/mol. The van der Waals surface area contributed by atoms with Crippen LogP contribution in [0.5, 0.6) is 5.75 Å². The Balaban J connectivity index is 1.74. The number of rotatable bonds is 3. The number of carbonyl (C=O) groups is 1. The van der Waals surface area contributed by atoms with Gasteiger partial charge in [0.1, 0.15) is 11.4 Å². The molecule has 2 aliphatic heterocycles. The molecule has 2 bridgehead atoms. The lowest BCUT2D eigenvalue weighted by atomic mass is 9.76. The summed E-state index contributed by atoms with van der Waals surface area (Å²) in [5.41, 5.74) is 0.582. The van der Waals surface area contributed by atoms with Crippen molar-refractivity contribution in [2.24, 2.45) is 5.92 Å². The quantitative estimate of drug-likeness (QED) is 0.794. The number of fused-ring (bicyclic) bond motifs is 2. The van der Waals surface area contributed by atoms with E-state index in [0.29, 0.717) is 23.5 Å². The minimum Gasteiger partial charge on any atom is -0.495 e. The van der Waals surface area contributed by atoms with Gasteiger partial charge in [-0.05, 0) is 44.9 Å². The normalized spacial score (nSPS) is 30.0. The van der Waals surface area contributed by atoms with Crippen LogP contribution in [0, 0.1) is 5.92 Å². The van der Waals surface area contributed by atoms with Gasteiger partial charge in [-0.3, -0.25) is 4.79 Å². The van der Waals surface area contributed by atoms with Crippen LogP contribution in [-0.2, 0) is 0 Å². The molecule has 2 saturated heterocycles. The molecule has 0 aliphatic carbocycles. The van der Waals surface area contributed by atoms with Crippen molar-refractivity contribution in [3.05, 3.63) is 24.0 Å². The second kappa shape index (κ2) is 5.52. The fourth-order valence-corrected chi connectivity index (χ4v) is 3.69. The van der Waals surface area contributed by atoms with Gasteiger partial charge in [-0.25, -0.2) is 4.98 Å². The number of Topliss-reactive ketones (excluding diaryl/α,β-unsaturated/α-hetero) is 1. The Bertz CT molecular complexity index is 472. The van der Waals surface area contributed by atoms with E-state index in [2.05, 4.69) is 16.9 Å². The average Bonchev–Trinajstić information content (AvgIpc) is 2.46. The Kier molecular flexibility index (Phi) is 3.74. The maximum absolute atomic E-state index is 12.6. The largest absolute Gasteiger partial charge is 0.495 e. The highest BCUT2D eigenvalue weighted by Gasteiger charge is 2.39. The number of piperidine rings is 2. The van der Waals surface area contributed by atoms with Gasteiger partial charge in [0.2, 0.25) is 0 Å². The highest BCUT2D eigenvalue weighted by Crippen LogP contribution is 2.37. The summed E-state index contributed by atoms with van der Waals surface area (Å²) in [5.74, 6) is 1.04. The zero-order chi connectivity index (χ0) is 14.1. The summed E-state index contributed by atoms with van der Waals surface area (Å²) in [6.07, 6.45) is 7.36. The van der Waals surface area contributed by atoms with E-state index in [9.17, 15) is 4.79 Å². The summed E-state index contributed by atoms with van der Waals surface area (Å²) in [7, 11) is 3.82. The van der Waals surface area contributed by atoms with Crippen molar-refractivity contribution in [3.8, 4) is 5.75 Å². The van der Waals surface area contributed by atoms with E-state index in [1.807, 2.05) is 6.07 Å². The van der Waals surface area contributed by atoms with E-state index in [-0.39, 0.29) is 11.7 Å². The second-order valence-corrected chi connectivity index (χ2v) is 6.02. The lowest BCUT2D eigenvalue weighted by Crippen LogP contribution is -2.51. The molecular formula is C16H22N2O2. The molecule has 0 aromatic carbocycles. The number of pyridine rings is 1. The molecule has 1 aromatic rings. The van der Waals surface area contributed by atoms with Crippen LogP contribution in [0.25, 0.3) is 0 Å². The lowest BCUT2D eigenvalue weighted by Gasteiger charge is -2.46. The van der Waals surface area contributed by atoms with E-state index >= 15 is 0 Å². The average molecular weight is 274 g/mol. The van der Waals surface area contributed by atoms with Crippen LogP contribution >= 0.6 is 0 Å². The molecule has 3 heterocycles. The lowest BCUT2D eigenvalue weighted by molar-refractivity contribution is 0.0336. The van der Waals surface area contributed by atoms with Crippen LogP contribution in [0.1, 0.15) is 42.6 Å². The predicted octanol–water partition coefficient (Wildman–Crippen LogP) is 2.54. The third kappa shape index (κ3) is 2.44. The summed E-state index contributed by atoms with van der Waals surface area (Å²) in [5, 5.41) is 0. The van der Waals surface area contributed by atoms with Crippen molar-refractivity contribution in [2.75, 3.05) is 14.2 Å². The van der Waals surface area contributed by atoms with Crippen molar-refractivity contribution >= 4 is 5.78 Å². The highest BCUT2D eigenvalue weighted by atomic mass is 16.5. The molecule has 0 radical (unpaired) electrons. The van der Waals surface area contributed by atoms with Crippen LogP contribution < -0.4 is 4.74 Å². The van der Waals surface area contributed by atoms with Gasteiger partial charge in [0.15, 0.2) is 5.78 Å². The van der Waals surface area contributed by atoms with E-state index in [1.165, 1.54) is 19.3 Å². The molecule has 2 unspecified atom stereocenters. The topological polar surface area (TPSA) is 42.4 Å². The maximum atomic E-state index is 12.6. The number of hydrogen-bond acceptors (Lipinski definition) is 4. The summed E-state index contributed by atoms with van der Waals surface area (Å²) in [6.45, 7) is 0. The minimum absolute atomic E-state index is 0.141. The maximum Gasteiger partial charge on any atom is 0.184 e. The molecule has 2 aliphatic rings. The third-order valence-corrected chi connectivity index (χ3v) is 4.94. The zero-order valence-electron chi connectivity index (χ0n) is 12.2. The van der Waals surface area contributed by atoms with Gasteiger partial charge in [-0.2, -0.15) is 0 Å². The number of aromatic nitrogens is 1. The Morgan fingerprint density at radius 2 is 2.00 bits per heavy atom. The standard InChI is InChI=1S/C16H22N2O2/c1-18-12-4-3-5-13(18)9-11(8-12)16(19)15-7-6-14(20-2)10-17-15/h6-7,10-13H,3-5,8-9H2,1-2H3. The molecule has 2 atom stereocenters. The Hall–Kier alpha value is -1.42. The fourth-order valence-electron chi connectivity index (χ4n) is 3.69. The van der Waals surface area contributed by atoms with Gasteiger partial charge < -0.3 is 9.64 Å². The summed E-state index contributed by atoms with van der Waals surface area (Å²) >= 11 is 0. The number of nitrogens with zero attached hydrogens (tertiary/aromatic N) is 2. The van der Waals surface area contributed by atoms with Gasteiger partial charge in [0.25, 0.3) is 0 Å². The Morgan fingerprint density at radius 3 is 2.55 bits per heavy atom. The van der Waals surface area contributed by atoms with Gasteiger partial charge in [0.05, 0.1) is 13.3 Å². The predicted molar refractivity (Wildman–Crippen MR) is 77.0 cm³/mol. The first-order valence-corrected chi connectivity index (χ1v) is 7.45. The van der Waals surface area contributed by atoms with E-state index in [1.54, 1.807) is 19.4 Å². The van der Waals surface area contributed by atoms with Crippen LogP contribution in [0.4, 0.5) is 0 Å². The number of hydrogen-bond donors (Lipinski definition) is 0. The van der Waals surface area contributed by atoms with Gasteiger partial charge in [0, 0.05) is 18.0 Å². The number of ether oxygens (including phenoxy) is 1. The first kappa shape index (κ1) is 13.6. The first-order chi connectivity index (χ1) is 9.69. The van der Waals surface area contributed by atoms with Gasteiger partial charge in [-0.1, -0.05) is 6.42 Å². The van der Waals surface area contributed by atoms with Crippen molar-refractivity contribution < 1.29 is 9.53 Å². The zero-order valence-corrected chi connectivity index (χ0v) is 12.2. The molecule has 108 valence electrons. The van der Waals surface area contributed by atoms with Crippen molar-refractivity contribution in [1.29, 1.82) is 0 Å². The van der Waals surface area contributed by atoms with E-state index < -0.39 is 0 Å². The summed E-state index contributed by atoms with van der Waals surface area (Å²) < 4.78 is 5.09. The molecule has 4 heteroatoms. The Labute approximate surface area is 120 Å². The van der Waals surface area contributed by atoms with Crippen LogP contribution in [0.3, 0.4) is 0 Å². The van der Waals surface area contributed by atoms with E-state index in [0.717, 1.165) is 12.8 Å². The first-order valence-electron chi connectivity index (χ1n) is 7.45. The molecule has 4 nitrogen and oxygen atoms in total. The molecule has 2 fully saturated rings. The van der Waals surface area contributed by atoms with Crippen LogP contribution in [0.15, 0.2) is 18.3 Å². The number of methoxy groups -OCH3 is 1. The monoisotopic (exact) mass is 274 g/mol. The molecule has 3 rings (SSSR count). The Morgan fingerprint density at radius 1 is 1.30 bits per heavy atom.